The zero-order valence-electron chi connectivity index (χ0n) is 6.26. The lowest BCUT2D eigenvalue weighted by Crippen LogP contribution is -2.36. The normalized spacial score (nSPS) is 8.36. The van der Waals surface area contributed by atoms with E-state index in [4.69, 9.17) is 11.5 Å². The van der Waals surface area contributed by atoms with Gasteiger partial charge in [-0.05, 0) is 6.42 Å². The molecule has 0 saturated carbocycles. The van der Waals surface area contributed by atoms with Crippen LogP contribution >= 0.6 is 0 Å². The topological polar surface area (TPSA) is 61.4 Å². The van der Waals surface area contributed by atoms with Crippen molar-refractivity contribution in [3.63, 3.8) is 0 Å². The van der Waals surface area contributed by atoms with Gasteiger partial charge >= 0.3 is 6.03 Å². The van der Waals surface area contributed by atoms with Gasteiger partial charge in [0, 0.05) is 13.2 Å². The van der Waals surface area contributed by atoms with Crippen LogP contribution in [0.3, 0.4) is 0 Å². The van der Waals surface area contributed by atoms with Crippen molar-refractivity contribution in [2.75, 3.05) is 19.7 Å². The summed E-state index contributed by atoms with van der Waals surface area (Å²) in [5.41, 5.74) is 0. The Balaban J connectivity index is 3.17. The average Bonchev–Trinajstić information content (AvgIpc) is 2.01. The van der Waals surface area contributed by atoms with Crippen molar-refractivity contribution < 1.29 is 9.90 Å². The minimum atomic E-state index is -0.295. The van der Waals surface area contributed by atoms with Crippen molar-refractivity contribution >= 4 is 6.03 Å². The number of urea groups is 1. The Morgan fingerprint density at radius 2 is 2.27 bits per heavy atom. The van der Waals surface area contributed by atoms with Crippen LogP contribution in [0.15, 0.2) is 0 Å². The van der Waals surface area contributed by atoms with E-state index in [1.54, 1.807) is 0 Å². The number of terminal acetylenes is 1. The van der Waals surface area contributed by atoms with Crippen LogP contribution in [0.2, 0.25) is 0 Å². The summed E-state index contributed by atoms with van der Waals surface area (Å²) < 4.78 is 0. The monoisotopic (exact) mass is 156 g/mol. The van der Waals surface area contributed by atoms with Gasteiger partial charge in [-0.15, -0.1) is 6.42 Å². The number of carbonyl (C=O) groups excluding carboxylic acids is 1. The summed E-state index contributed by atoms with van der Waals surface area (Å²) in [4.78, 5) is 10.7. The van der Waals surface area contributed by atoms with Crippen LogP contribution in [0.1, 0.15) is 6.42 Å². The molecule has 11 heavy (non-hydrogen) atoms. The zero-order chi connectivity index (χ0) is 8.53. The van der Waals surface area contributed by atoms with Crippen LogP contribution in [-0.4, -0.2) is 30.8 Å². The Kier molecular flexibility index (Phi) is 6.14. The molecule has 0 aliphatic heterocycles. The third-order valence-corrected chi connectivity index (χ3v) is 0.971. The summed E-state index contributed by atoms with van der Waals surface area (Å²) in [7, 11) is 0. The molecule has 0 fully saturated rings. The van der Waals surface area contributed by atoms with E-state index in [0.717, 1.165) is 0 Å². The number of rotatable bonds is 4. The molecule has 0 aromatic carbocycles. The number of hydrogen-bond acceptors (Lipinski definition) is 2. The van der Waals surface area contributed by atoms with E-state index in [9.17, 15) is 4.79 Å². The Morgan fingerprint density at radius 1 is 1.55 bits per heavy atom. The second-order valence-corrected chi connectivity index (χ2v) is 1.89. The van der Waals surface area contributed by atoms with E-state index < -0.39 is 0 Å². The van der Waals surface area contributed by atoms with Crippen LogP contribution in [0, 0.1) is 12.3 Å². The van der Waals surface area contributed by atoms with Crippen molar-refractivity contribution in [2.45, 2.75) is 6.42 Å². The number of hydrogen-bond donors (Lipinski definition) is 3. The van der Waals surface area contributed by atoms with Crippen molar-refractivity contribution in [1.82, 2.24) is 10.6 Å². The lowest BCUT2D eigenvalue weighted by atomic mass is 10.4. The van der Waals surface area contributed by atoms with Gasteiger partial charge in [-0.25, -0.2) is 4.79 Å². The number of aliphatic hydroxyl groups excluding tert-OH is 1. The first-order valence-electron chi connectivity index (χ1n) is 3.37. The molecule has 0 spiro atoms. The van der Waals surface area contributed by atoms with Gasteiger partial charge in [0.1, 0.15) is 0 Å². The minimum Gasteiger partial charge on any atom is -0.396 e. The molecule has 0 atom stereocenters. The molecule has 0 heterocycles. The molecule has 0 aliphatic rings. The molecule has 3 N–H and O–H groups in total. The molecule has 4 nitrogen and oxygen atoms in total. The van der Waals surface area contributed by atoms with Crippen LogP contribution in [-0.2, 0) is 0 Å². The van der Waals surface area contributed by atoms with E-state index in [1.807, 2.05) is 0 Å². The van der Waals surface area contributed by atoms with Gasteiger partial charge in [-0.2, -0.15) is 0 Å². The first kappa shape index (κ1) is 9.79. The summed E-state index contributed by atoms with van der Waals surface area (Å²) in [6, 6.07) is -0.295. The van der Waals surface area contributed by atoms with Crippen molar-refractivity contribution in [3.05, 3.63) is 0 Å². The number of aliphatic hydroxyl groups is 1. The maximum Gasteiger partial charge on any atom is 0.315 e. The average molecular weight is 156 g/mol. The SMILES string of the molecule is C#CCNC(=O)NCCCO. The van der Waals surface area contributed by atoms with Crippen molar-refractivity contribution in [3.8, 4) is 12.3 Å². The molecule has 0 rings (SSSR count). The van der Waals surface area contributed by atoms with Crippen molar-refractivity contribution in [2.24, 2.45) is 0 Å². The Bertz CT molecular complexity index is 151. The van der Waals surface area contributed by atoms with E-state index in [-0.39, 0.29) is 19.2 Å². The maximum atomic E-state index is 10.7. The molecule has 2 amide bonds. The van der Waals surface area contributed by atoms with Gasteiger partial charge in [0.2, 0.25) is 0 Å². The summed E-state index contributed by atoms with van der Waals surface area (Å²) >= 11 is 0. The van der Waals surface area contributed by atoms with Crippen LogP contribution in [0.5, 0.6) is 0 Å². The zero-order valence-corrected chi connectivity index (χ0v) is 6.26. The predicted octanol–water partition coefficient (Wildman–Crippen LogP) is -0.699. The third-order valence-electron chi connectivity index (χ3n) is 0.971. The number of nitrogens with one attached hydrogen (secondary N) is 2. The second kappa shape index (κ2) is 6.90. The molecule has 62 valence electrons. The van der Waals surface area contributed by atoms with Gasteiger partial charge in [0.15, 0.2) is 0 Å². The molecule has 0 unspecified atom stereocenters. The molecule has 0 bridgehead atoms. The fourth-order valence-electron chi connectivity index (χ4n) is 0.475. The van der Waals surface area contributed by atoms with Gasteiger partial charge in [0.05, 0.1) is 6.54 Å². The molecular formula is C7H12N2O2. The maximum absolute atomic E-state index is 10.7. The first-order chi connectivity index (χ1) is 5.31. The molecule has 0 aromatic heterocycles. The lowest BCUT2D eigenvalue weighted by Gasteiger charge is -2.02. The number of carbonyl (C=O) groups is 1. The Morgan fingerprint density at radius 3 is 2.82 bits per heavy atom. The standard InChI is InChI=1S/C7H12N2O2/c1-2-4-8-7(11)9-5-3-6-10/h1,10H,3-6H2,(H2,8,9,11). The summed E-state index contributed by atoms with van der Waals surface area (Å²) in [5.74, 6) is 2.27. The van der Waals surface area contributed by atoms with Gasteiger partial charge in [-0.1, -0.05) is 5.92 Å². The van der Waals surface area contributed by atoms with E-state index in [2.05, 4.69) is 16.6 Å². The van der Waals surface area contributed by atoms with Crippen LogP contribution < -0.4 is 10.6 Å². The highest BCUT2D eigenvalue weighted by Crippen LogP contribution is 1.71. The lowest BCUT2D eigenvalue weighted by molar-refractivity contribution is 0.239. The van der Waals surface area contributed by atoms with Crippen molar-refractivity contribution in [1.29, 1.82) is 0 Å². The predicted molar refractivity (Wildman–Crippen MR) is 41.9 cm³/mol. The smallest absolute Gasteiger partial charge is 0.315 e. The number of amides is 2. The largest absolute Gasteiger partial charge is 0.396 e. The fourth-order valence-corrected chi connectivity index (χ4v) is 0.475. The molecule has 0 saturated heterocycles. The highest BCUT2D eigenvalue weighted by Gasteiger charge is 1.94. The summed E-state index contributed by atoms with van der Waals surface area (Å²) in [6.45, 7) is 0.771. The molecule has 4 heteroatoms. The van der Waals surface area contributed by atoms with E-state index in [1.165, 1.54) is 0 Å². The van der Waals surface area contributed by atoms with E-state index >= 15 is 0 Å². The summed E-state index contributed by atoms with van der Waals surface area (Å²) in [6.07, 6.45) is 5.46. The van der Waals surface area contributed by atoms with Gasteiger partial charge in [-0.3, -0.25) is 0 Å². The highest BCUT2D eigenvalue weighted by molar-refractivity contribution is 5.73. The first-order valence-corrected chi connectivity index (χ1v) is 3.37. The Hall–Kier alpha value is -1.21. The van der Waals surface area contributed by atoms with Gasteiger partial charge < -0.3 is 15.7 Å². The van der Waals surface area contributed by atoms with E-state index in [0.29, 0.717) is 13.0 Å². The molecule has 0 aliphatic carbocycles. The summed E-state index contributed by atoms with van der Waals surface area (Å²) in [5, 5.41) is 13.3. The van der Waals surface area contributed by atoms with Crippen LogP contribution in [0.4, 0.5) is 4.79 Å². The Labute approximate surface area is 66.0 Å². The third kappa shape index (κ3) is 6.68. The van der Waals surface area contributed by atoms with Crippen LogP contribution in [0.25, 0.3) is 0 Å². The molecule has 0 radical (unpaired) electrons. The second-order valence-electron chi connectivity index (χ2n) is 1.89. The quantitative estimate of drug-likeness (QED) is 0.372. The highest BCUT2D eigenvalue weighted by atomic mass is 16.3. The van der Waals surface area contributed by atoms with Gasteiger partial charge in [0.25, 0.3) is 0 Å². The minimum absolute atomic E-state index is 0.0788. The molecule has 0 aromatic rings. The molecular weight excluding hydrogens is 144 g/mol. The fraction of sp³-hybridized carbons (Fsp3) is 0.571.